The van der Waals surface area contributed by atoms with Gasteiger partial charge in [0.05, 0.1) is 11.3 Å². The van der Waals surface area contributed by atoms with E-state index < -0.39 is 23.7 Å². The lowest BCUT2D eigenvalue weighted by Crippen LogP contribution is -2.32. The molecule has 1 amide bonds. The van der Waals surface area contributed by atoms with E-state index in [1.165, 1.54) is 36.7 Å². The van der Waals surface area contributed by atoms with E-state index >= 15 is 0 Å². The van der Waals surface area contributed by atoms with Gasteiger partial charge in [0, 0.05) is 16.2 Å². The van der Waals surface area contributed by atoms with Gasteiger partial charge >= 0.3 is 5.97 Å². The van der Waals surface area contributed by atoms with Crippen LogP contribution in [-0.4, -0.2) is 35.7 Å². The molecule has 0 aliphatic heterocycles. The highest BCUT2D eigenvalue weighted by atomic mass is 127. The van der Waals surface area contributed by atoms with Gasteiger partial charge in [-0.25, -0.2) is 9.87 Å². The fourth-order valence-electron chi connectivity index (χ4n) is 2.42. The van der Waals surface area contributed by atoms with Gasteiger partial charge in [-0.15, -0.1) is 0 Å². The maximum atomic E-state index is 14.3. The zero-order chi connectivity index (χ0) is 22.4. The monoisotopic (exact) mass is 532 g/mol. The van der Waals surface area contributed by atoms with Crippen LogP contribution in [0.4, 0.5) is 15.9 Å². The molecule has 2 aromatic rings. The number of halogens is 2. The van der Waals surface area contributed by atoms with Gasteiger partial charge in [0.25, 0.3) is 11.5 Å². The molecule has 11 heteroatoms. The second-order valence-corrected chi connectivity index (χ2v) is 7.68. The molecule has 1 heterocycles. The van der Waals surface area contributed by atoms with E-state index in [1.54, 1.807) is 13.0 Å². The Morgan fingerprint density at radius 3 is 2.63 bits per heavy atom. The number of nitrogens with one attached hydrogen (secondary N) is 2. The molecule has 30 heavy (non-hydrogen) atoms. The number of nitrogens with zero attached hydrogens (tertiary/aromatic N) is 1. The van der Waals surface area contributed by atoms with Gasteiger partial charge in [0.2, 0.25) is 0 Å². The zero-order valence-corrected chi connectivity index (χ0v) is 18.8. The molecule has 4 N–H and O–H groups in total. The second-order valence-electron chi connectivity index (χ2n) is 6.44. The number of pyridine rings is 1. The summed E-state index contributed by atoms with van der Waals surface area (Å²) in [5, 5.41) is 2.80. The van der Waals surface area contributed by atoms with Crippen LogP contribution in [0.15, 0.2) is 29.1 Å². The van der Waals surface area contributed by atoms with Crippen LogP contribution in [0.3, 0.4) is 0 Å². The molecule has 0 fully saturated rings. The number of rotatable bonds is 8. The van der Waals surface area contributed by atoms with Crippen molar-refractivity contribution in [2.24, 2.45) is 12.8 Å². The summed E-state index contributed by atoms with van der Waals surface area (Å²) in [6.07, 6.45) is 0. The lowest BCUT2D eigenvalue weighted by atomic mass is 10.1. The molecule has 0 spiro atoms. The molecule has 0 aliphatic carbocycles. The molecule has 1 aromatic carbocycles. The number of nitrogens with two attached hydrogens (primary N) is 1. The fraction of sp³-hybridized carbons (Fsp3) is 0.316. The van der Waals surface area contributed by atoms with Crippen molar-refractivity contribution in [3.63, 3.8) is 0 Å². The summed E-state index contributed by atoms with van der Waals surface area (Å²) in [5.41, 5.74) is 7.73. The number of benzene rings is 1. The third-order valence-corrected chi connectivity index (χ3v) is 4.66. The van der Waals surface area contributed by atoms with E-state index in [2.05, 4.69) is 10.8 Å². The number of amides is 1. The van der Waals surface area contributed by atoms with Crippen LogP contribution in [-0.2, 0) is 21.4 Å². The number of hydrogen-bond donors (Lipinski definition) is 3. The summed E-state index contributed by atoms with van der Waals surface area (Å²) in [4.78, 5) is 41.2. The lowest BCUT2D eigenvalue weighted by Gasteiger charge is -2.17. The summed E-state index contributed by atoms with van der Waals surface area (Å²) < 4.78 is 21.0. The van der Waals surface area contributed by atoms with Crippen LogP contribution in [0.2, 0.25) is 0 Å². The van der Waals surface area contributed by atoms with Gasteiger partial charge in [-0.2, -0.15) is 0 Å². The Balaban J connectivity index is 2.17. The average molecular weight is 532 g/mol. The SMILES string of the molecule is Cc1cc(C(=O)NOCCOC(=O)C(C)N)c(Nc2ccc(I)cc2F)n(C)c1=O. The number of aromatic nitrogens is 1. The van der Waals surface area contributed by atoms with Crippen molar-refractivity contribution in [3.05, 3.63) is 55.1 Å². The van der Waals surface area contributed by atoms with Crippen molar-refractivity contribution in [1.82, 2.24) is 10.0 Å². The van der Waals surface area contributed by atoms with Crippen molar-refractivity contribution in [2.45, 2.75) is 19.9 Å². The van der Waals surface area contributed by atoms with Crippen LogP contribution in [0.25, 0.3) is 0 Å². The Hall–Kier alpha value is -2.51. The maximum Gasteiger partial charge on any atom is 0.322 e. The normalized spacial score (nSPS) is 11.7. The lowest BCUT2D eigenvalue weighted by molar-refractivity contribution is -0.146. The van der Waals surface area contributed by atoms with Crippen LogP contribution in [0, 0.1) is 16.3 Å². The van der Waals surface area contributed by atoms with E-state index in [0.717, 1.165) is 0 Å². The molecule has 2 rings (SSSR count). The number of carbonyl (C=O) groups excluding carboxylic acids is 2. The Morgan fingerprint density at radius 1 is 1.30 bits per heavy atom. The summed E-state index contributed by atoms with van der Waals surface area (Å²) >= 11 is 1.97. The number of carbonyl (C=O) groups is 2. The van der Waals surface area contributed by atoms with Gasteiger partial charge in [-0.3, -0.25) is 23.8 Å². The number of esters is 1. The van der Waals surface area contributed by atoms with Crippen LogP contribution >= 0.6 is 22.6 Å². The predicted molar refractivity (Wildman–Crippen MR) is 117 cm³/mol. The van der Waals surface area contributed by atoms with Gasteiger partial charge in [0.15, 0.2) is 0 Å². The first-order valence-electron chi connectivity index (χ1n) is 8.89. The Bertz CT molecular complexity index is 1010. The molecule has 1 atom stereocenters. The summed E-state index contributed by atoms with van der Waals surface area (Å²) in [5.74, 6) is -1.70. The molecule has 162 valence electrons. The Labute approximate surface area is 185 Å². The molecule has 0 saturated heterocycles. The van der Waals surface area contributed by atoms with E-state index in [1.807, 2.05) is 22.6 Å². The van der Waals surface area contributed by atoms with E-state index in [-0.39, 0.29) is 35.8 Å². The minimum Gasteiger partial charge on any atom is -0.462 e. The third-order valence-electron chi connectivity index (χ3n) is 3.99. The smallest absolute Gasteiger partial charge is 0.322 e. The van der Waals surface area contributed by atoms with Crippen molar-refractivity contribution in [3.8, 4) is 0 Å². The summed E-state index contributed by atoms with van der Waals surface area (Å²) in [6.45, 7) is 2.83. The van der Waals surface area contributed by atoms with Crippen molar-refractivity contribution in [1.29, 1.82) is 0 Å². The van der Waals surface area contributed by atoms with E-state index in [9.17, 15) is 18.8 Å². The third kappa shape index (κ3) is 6.00. The molecule has 0 aliphatic rings. The minimum atomic E-state index is -0.761. The molecule has 0 saturated carbocycles. The minimum absolute atomic E-state index is 0.0696. The van der Waals surface area contributed by atoms with Crippen LogP contribution in [0.5, 0.6) is 0 Å². The van der Waals surface area contributed by atoms with Crippen molar-refractivity contribution in [2.75, 3.05) is 18.5 Å². The molecule has 0 radical (unpaired) electrons. The average Bonchev–Trinajstić information content (AvgIpc) is 2.69. The highest BCUT2D eigenvalue weighted by molar-refractivity contribution is 14.1. The fourth-order valence-corrected chi connectivity index (χ4v) is 2.88. The summed E-state index contributed by atoms with van der Waals surface area (Å²) in [7, 11) is 1.47. The first kappa shape index (κ1) is 23.8. The van der Waals surface area contributed by atoms with Gasteiger partial charge < -0.3 is 15.8 Å². The van der Waals surface area contributed by atoms with Crippen LogP contribution < -0.4 is 22.1 Å². The number of hydroxylamine groups is 1. The van der Waals surface area contributed by atoms with Crippen molar-refractivity contribution >= 4 is 46.0 Å². The highest BCUT2D eigenvalue weighted by Crippen LogP contribution is 2.24. The molecule has 0 bridgehead atoms. The molecule has 1 unspecified atom stereocenters. The van der Waals surface area contributed by atoms with Gasteiger partial charge in [-0.05, 0) is 60.7 Å². The van der Waals surface area contributed by atoms with Gasteiger partial charge in [-0.1, -0.05) is 0 Å². The molecule has 9 nitrogen and oxygen atoms in total. The molecule has 1 aromatic heterocycles. The largest absolute Gasteiger partial charge is 0.462 e. The Morgan fingerprint density at radius 2 is 2.00 bits per heavy atom. The first-order chi connectivity index (χ1) is 14.1. The predicted octanol–water partition coefficient (Wildman–Crippen LogP) is 1.73. The molecular formula is C19H22FIN4O5. The topological polar surface area (TPSA) is 125 Å². The zero-order valence-electron chi connectivity index (χ0n) is 16.6. The Kier molecular flexibility index (Phi) is 8.32. The van der Waals surface area contributed by atoms with Crippen LogP contribution in [0.1, 0.15) is 22.8 Å². The maximum absolute atomic E-state index is 14.3. The van der Waals surface area contributed by atoms with E-state index in [0.29, 0.717) is 9.13 Å². The second kappa shape index (κ2) is 10.5. The standard InChI is InChI=1S/C19H22FIN4O5/c1-10-8-13(17(26)24-30-7-6-29-19(28)11(2)22)16(25(3)18(10)27)23-15-5-4-12(21)9-14(15)20/h4-5,8-9,11,23H,6-7,22H2,1-3H3,(H,24,26). The number of hydrogen-bond acceptors (Lipinski definition) is 7. The molecular weight excluding hydrogens is 510 g/mol. The van der Waals surface area contributed by atoms with E-state index in [4.69, 9.17) is 15.3 Å². The number of ether oxygens (including phenoxy) is 1. The number of aryl methyl sites for hydroxylation is 1. The van der Waals surface area contributed by atoms with Gasteiger partial charge in [0.1, 0.15) is 30.9 Å². The summed E-state index contributed by atoms with van der Waals surface area (Å²) in [6, 6.07) is 5.13. The number of anilines is 2. The quantitative estimate of drug-likeness (QED) is 0.205. The van der Waals surface area contributed by atoms with Crippen molar-refractivity contribution < 1.29 is 23.6 Å². The highest BCUT2D eigenvalue weighted by Gasteiger charge is 2.19. The first-order valence-corrected chi connectivity index (χ1v) is 9.96.